The molecule has 2 heterocycles. The largest absolute Gasteiger partial charge is 0.354 e. The third-order valence-electron chi connectivity index (χ3n) is 2.39. The standard InChI is InChI=1S/C12H13N5O2S/c18-17(19)10-9-13-7-3-11(10)20-8-2-6-16-12-14-4-1-5-15-12/h1,3-5,7,9H,2,6,8H2,(H,14,15,16). The summed E-state index contributed by atoms with van der Waals surface area (Å²) in [5.41, 5.74) is 0.0526. The number of hydrogen-bond acceptors (Lipinski definition) is 7. The van der Waals surface area contributed by atoms with Gasteiger partial charge in [0.05, 0.1) is 9.82 Å². The van der Waals surface area contributed by atoms with Crippen LogP contribution in [0.2, 0.25) is 0 Å². The van der Waals surface area contributed by atoms with E-state index in [9.17, 15) is 10.1 Å². The summed E-state index contributed by atoms with van der Waals surface area (Å²) in [5, 5.41) is 13.9. The Balaban J connectivity index is 1.75. The molecule has 8 heteroatoms. The number of rotatable bonds is 7. The quantitative estimate of drug-likeness (QED) is 0.362. The van der Waals surface area contributed by atoms with E-state index in [-0.39, 0.29) is 5.69 Å². The van der Waals surface area contributed by atoms with Crippen LogP contribution in [0.25, 0.3) is 0 Å². The van der Waals surface area contributed by atoms with Gasteiger partial charge in [0.25, 0.3) is 0 Å². The highest BCUT2D eigenvalue weighted by Crippen LogP contribution is 2.27. The molecule has 7 nitrogen and oxygen atoms in total. The molecule has 20 heavy (non-hydrogen) atoms. The molecule has 0 amide bonds. The van der Waals surface area contributed by atoms with E-state index in [1.165, 1.54) is 18.0 Å². The Morgan fingerprint density at radius 2 is 2.10 bits per heavy atom. The summed E-state index contributed by atoms with van der Waals surface area (Å²) in [5.74, 6) is 1.36. The van der Waals surface area contributed by atoms with Crippen LogP contribution in [-0.4, -0.2) is 32.2 Å². The molecule has 0 atom stereocenters. The number of thioether (sulfide) groups is 1. The van der Waals surface area contributed by atoms with Gasteiger partial charge in [-0.3, -0.25) is 15.1 Å². The highest BCUT2D eigenvalue weighted by Gasteiger charge is 2.12. The van der Waals surface area contributed by atoms with E-state index in [4.69, 9.17) is 0 Å². The minimum atomic E-state index is -0.411. The summed E-state index contributed by atoms with van der Waals surface area (Å²) in [6, 6.07) is 3.42. The van der Waals surface area contributed by atoms with Gasteiger partial charge in [-0.05, 0) is 24.3 Å². The Hall–Kier alpha value is -2.22. The van der Waals surface area contributed by atoms with Gasteiger partial charge in [-0.2, -0.15) is 0 Å². The maximum atomic E-state index is 10.8. The van der Waals surface area contributed by atoms with Crippen molar-refractivity contribution in [2.75, 3.05) is 17.6 Å². The Morgan fingerprint density at radius 1 is 1.30 bits per heavy atom. The minimum absolute atomic E-state index is 0.0526. The lowest BCUT2D eigenvalue weighted by molar-refractivity contribution is -0.388. The van der Waals surface area contributed by atoms with Crippen molar-refractivity contribution in [2.24, 2.45) is 0 Å². The van der Waals surface area contributed by atoms with Crippen molar-refractivity contribution in [3.63, 3.8) is 0 Å². The number of nitrogens with one attached hydrogen (secondary N) is 1. The molecule has 0 aliphatic rings. The average molecular weight is 291 g/mol. The first-order chi connectivity index (χ1) is 9.77. The van der Waals surface area contributed by atoms with Crippen LogP contribution < -0.4 is 5.32 Å². The van der Waals surface area contributed by atoms with Gasteiger partial charge in [0.1, 0.15) is 6.20 Å². The second-order valence-corrected chi connectivity index (χ2v) is 4.94. The monoisotopic (exact) mass is 291 g/mol. The van der Waals surface area contributed by atoms with E-state index >= 15 is 0 Å². The van der Waals surface area contributed by atoms with E-state index in [0.717, 1.165) is 18.7 Å². The van der Waals surface area contributed by atoms with E-state index in [0.29, 0.717) is 10.8 Å². The van der Waals surface area contributed by atoms with Gasteiger partial charge in [0, 0.05) is 25.1 Å². The fourth-order valence-corrected chi connectivity index (χ4v) is 2.42. The van der Waals surface area contributed by atoms with E-state index in [2.05, 4.69) is 20.3 Å². The molecule has 2 aromatic rings. The predicted octanol–water partition coefficient (Wildman–Crippen LogP) is 2.37. The zero-order valence-corrected chi connectivity index (χ0v) is 11.4. The Kier molecular flexibility index (Phi) is 5.24. The number of pyridine rings is 1. The predicted molar refractivity (Wildman–Crippen MR) is 76.8 cm³/mol. The van der Waals surface area contributed by atoms with Crippen LogP contribution in [-0.2, 0) is 0 Å². The zero-order valence-electron chi connectivity index (χ0n) is 10.6. The van der Waals surface area contributed by atoms with Crippen molar-refractivity contribution in [3.05, 3.63) is 47.0 Å². The normalized spacial score (nSPS) is 10.2. The third kappa shape index (κ3) is 4.16. The summed E-state index contributed by atoms with van der Waals surface area (Å²) >= 11 is 1.45. The van der Waals surface area contributed by atoms with Crippen molar-refractivity contribution >= 4 is 23.4 Å². The fraction of sp³-hybridized carbons (Fsp3) is 0.250. The van der Waals surface area contributed by atoms with Gasteiger partial charge in [0.2, 0.25) is 5.95 Å². The maximum absolute atomic E-state index is 10.8. The highest BCUT2D eigenvalue weighted by molar-refractivity contribution is 7.99. The van der Waals surface area contributed by atoms with Crippen LogP contribution in [0.5, 0.6) is 0 Å². The highest BCUT2D eigenvalue weighted by atomic mass is 32.2. The average Bonchev–Trinajstić information content (AvgIpc) is 2.48. The van der Waals surface area contributed by atoms with Crippen LogP contribution in [0.15, 0.2) is 41.8 Å². The van der Waals surface area contributed by atoms with Gasteiger partial charge >= 0.3 is 5.69 Å². The number of nitro groups is 1. The van der Waals surface area contributed by atoms with Crippen LogP contribution in [0.3, 0.4) is 0 Å². The molecule has 2 aromatic heterocycles. The van der Waals surface area contributed by atoms with Gasteiger partial charge in [-0.1, -0.05) is 0 Å². The van der Waals surface area contributed by atoms with Gasteiger partial charge in [-0.25, -0.2) is 9.97 Å². The summed E-state index contributed by atoms with van der Waals surface area (Å²) in [6.45, 7) is 0.718. The van der Waals surface area contributed by atoms with E-state index in [1.807, 2.05) is 0 Å². The summed E-state index contributed by atoms with van der Waals surface area (Å²) in [4.78, 5) is 22.9. The lowest BCUT2D eigenvalue weighted by atomic mass is 10.4. The Bertz CT molecular complexity index is 567. The lowest BCUT2D eigenvalue weighted by Gasteiger charge is -2.04. The molecule has 0 aliphatic carbocycles. The van der Waals surface area contributed by atoms with Gasteiger partial charge < -0.3 is 5.32 Å². The third-order valence-corrected chi connectivity index (χ3v) is 3.53. The molecule has 104 valence electrons. The van der Waals surface area contributed by atoms with Crippen LogP contribution in [0.4, 0.5) is 11.6 Å². The van der Waals surface area contributed by atoms with Gasteiger partial charge in [-0.15, -0.1) is 11.8 Å². The van der Waals surface area contributed by atoms with Crippen LogP contribution >= 0.6 is 11.8 Å². The maximum Gasteiger partial charge on any atom is 0.300 e. The summed E-state index contributed by atoms with van der Waals surface area (Å²) in [6.07, 6.45) is 7.03. The first-order valence-electron chi connectivity index (χ1n) is 5.99. The fourth-order valence-electron chi connectivity index (χ4n) is 1.48. The topological polar surface area (TPSA) is 93.8 Å². The lowest BCUT2D eigenvalue weighted by Crippen LogP contribution is -2.05. The molecular formula is C12H13N5O2S. The molecule has 0 aliphatic heterocycles. The zero-order chi connectivity index (χ0) is 14.2. The van der Waals surface area contributed by atoms with E-state index in [1.54, 1.807) is 30.7 Å². The molecule has 0 fully saturated rings. The van der Waals surface area contributed by atoms with Crippen molar-refractivity contribution in [3.8, 4) is 0 Å². The molecular weight excluding hydrogens is 278 g/mol. The molecule has 0 spiro atoms. The Morgan fingerprint density at radius 3 is 2.85 bits per heavy atom. The second kappa shape index (κ2) is 7.39. The van der Waals surface area contributed by atoms with Crippen molar-refractivity contribution in [1.82, 2.24) is 15.0 Å². The molecule has 2 rings (SSSR count). The molecule has 1 N–H and O–H groups in total. The Labute approximate surface area is 120 Å². The molecule has 0 bridgehead atoms. The first-order valence-corrected chi connectivity index (χ1v) is 6.98. The number of nitrogens with zero attached hydrogens (tertiary/aromatic N) is 4. The second-order valence-electron chi connectivity index (χ2n) is 3.80. The first kappa shape index (κ1) is 14.2. The number of hydrogen-bond donors (Lipinski definition) is 1. The van der Waals surface area contributed by atoms with Crippen molar-refractivity contribution < 1.29 is 4.92 Å². The van der Waals surface area contributed by atoms with Gasteiger partial charge in [0.15, 0.2) is 0 Å². The minimum Gasteiger partial charge on any atom is -0.354 e. The molecule has 0 saturated carbocycles. The van der Waals surface area contributed by atoms with Crippen LogP contribution in [0.1, 0.15) is 6.42 Å². The summed E-state index contributed by atoms with van der Waals surface area (Å²) in [7, 11) is 0. The molecule has 0 saturated heterocycles. The molecule has 0 unspecified atom stereocenters. The SMILES string of the molecule is O=[N+]([O-])c1cnccc1SCCCNc1ncccn1. The van der Waals surface area contributed by atoms with Crippen molar-refractivity contribution in [2.45, 2.75) is 11.3 Å². The number of anilines is 1. The van der Waals surface area contributed by atoms with E-state index < -0.39 is 4.92 Å². The molecule has 0 radical (unpaired) electrons. The number of aromatic nitrogens is 3. The smallest absolute Gasteiger partial charge is 0.300 e. The molecule has 0 aromatic carbocycles. The van der Waals surface area contributed by atoms with Crippen molar-refractivity contribution in [1.29, 1.82) is 0 Å². The summed E-state index contributed by atoms with van der Waals surface area (Å²) < 4.78 is 0. The van der Waals surface area contributed by atoms with Crippen LogP contribution in [0, 0.1) is 10.1 Å².